The molecule has 3 aromatic rings. The first-order chi connectivity index (χ1) is 13.6. The molecule has 1 aliphatic rings. The SMILES string of the molecule is N#Cc1c(-c2cccs2)nc(SCc2cccc(C3=NOC(O)N3)c2)[nH]c1=O. The summed E-state index contributed by atoms with van der Waals surface area (Å²) in [4.78, 5) is 24.9. The van der Waals surface area contributed by atoms with E-state index in [1.807, 2.05) is 47.8 Å². The van der Waals surface area contributed by atoms with Crippen molar-refractivity contribution in [2.24, 2.45) is 5.16 Å². The lowest BCUT2D eigenvalue weighted by Gasteiger charge is -2.07. The molecule has 1 aliphatic heterocycles. The van der Waals surface area contributed by atoms with Crippen LogP contribution in [0.15, 0.2) is 56.9 Å². The molecule has 1 unspecified atom stereocenters. The fraction of sp³-hybridized carbons (Fsp3) is 0.111. The van der Waals surface area contributed by atoms with Crippen molar-refractivity contribution in [3.63, 3.8) is 0 Å². The van der Waals surface area contributed by atoms with E-state index in [1.165, 1.54) is 23.1 Å². The van der Waals surface area contributed by atoms with Crippen molar-refractivity contribution in [1.29, 1.82) is 5.26 Å². The second-order valence-corrected chi connectivity index (χ2v) is 7.63. The van der Waals surface area contributed by atoms with Gasteiger partial charge in [0.2, 0.25) is 0 Å². The van der Waals surface area contributed by atoms with Crippen LogP contribution in [0, 0.1) is 11.3 Å². The van der Waals surface area contributed by atoms with Crippen LogP contribution in [0.1, 0.15) is 16.7 Å². The zero-order valence-electron chi connectivity index (χ0n) is 14.2. The number of aliphatic hydroxyl groups excluding tert-OH is 1. The smallest absolute Gasteiger partial charge is 0.304 e. The van der Waals surface area contributed by atoms with Gasteiger partial charge in [-0.05, 0) is 23.1 Å². The quantitative estimate of drug-likeness (QED) is 0.434. The summed E-state index contributed by atoms with van der Waals surface area (Å²) in [7, 11) is 0. The Hall–Kier alpha value is -3.13. The monoisotopic (exact) mass is 411 g/mol. The Balaban J connectivity index is 1.56. The Kier molecular flexibility index (Phi) is 5.12. The zero-order valence-corrected chi connectivity index (χ0v) is 15.9. The third kappa shape index (κ3) is 3.77. The molecule has 0 saturated carbocycles. The van der Waals surface area contributed by atoms with Gasteiger partial charge in [0, 0.05) is 11.3 Å². The van der Waals surface area contributed by atoms with E-state index in [0.29, 0.717) is 22.4 Å². The molecule has 2 aromatic heterocycles. The number of nitrogens with one attached hydrogen (secondary N) is 2. The number of thioether (sulfide) groups is 1. The summed E-state index contributed by atoms with van der Waals surface area (Å²) in [6, 6.07) is 13.2. The number of rotatable bonds is 5. The molecule has 0 radical (unpaired) electrons. The number of H-pyrrole nitrogens is 1. The van der Waals surface area contributed by atoms with Crippen LogP contribution in [-0.2, 0) is 10.6 Å². The Morgan fingerprint density at radius 3 is 2.96 bits per heavy atom. The summed E-state index contributed by atoms with van der Waals surface area (Å²) in [5.41, 5.74) is 1.70. The molecule has 0 bridgehead atoms. The lowest BCUT2D eigenvalue weighted by Crippen LogP contribution is -2.29. The highest BCUT2D eigenvalue weighted by atomic mass is 32.2. The van der Waals surface area contributed by atoms with Crippen molar-refractivity contribution in [2.45, 2.75) is 17.3 Å². The largest absolute Gasteiger partial charge is 0.340 e. The summed E-state index contributed by atoms with van der Waals surface area (Å²) in [6.45, 7) is 0. The van der Waals surface area contributed by atoms with Crippen molar-refractivity contribution in [3.05, 3.63) is 68.8 Å². The first-order valence-corrected chi connectivity index (χ1v) is 9.99. The topological polar surface area (TPSA) is 123 Å². The third-order valence-corrected chi connectivity index (χ3v) is 5.67. The number of aromatic amines is 1. The maximum atomic E-state index is 12.3. The normalized spacial score (nSPS) is 15.4. The summed E-state index contributed by atoms with van der Waals surface area (Å²) in [5.74, 6) is 0.993. The van der Waals surface area contributed by atoms with Crippen LogP contribution < -0.4 is 10.9 Å². The Labute approximate surface area is 167 Å². The molecule has 0 saturated heterocycles. The molecule has 0 fully saturated rings. The molecule has 8 nitrogen and oxygen atoms in total. The minimum absolute atomic E-state index is 0.0117. The van der Waals surface area contributed by atoms with Gasteiger partial charge in [-0.15, -0.1) is 11.3 Å². The number of nitrogens with zero attached hydrogens (tertiary/aromatic N) is 3. The Bertz CT molecular complexity index is 1130. The molecule has 28 heavy (non-hydrogen) atoms. The molecule has 140 valence electrons. The number of hydrogen-bond donors (Lipinski definition) is 3. The second-order valence-electron chi connectivity index (χ2n) is 5.71. The van der Waals surface area contributed by atoms with Gasteiger partial charge in [-0.1, -0.05) is 41.2 Å². The second kappa shape index (κ2) is 7.85. The molecule has 0 amide bonds. The van der Waals surface area contributed by atoms with Crippen molar-refractivity contribution in [1.82, 2.24) is 15.3 Å². The molecule has 0 spiro atoms. The molecule has 3 heterocycles. The summed E-state index contributed by atoms with van der Waals surface area (Å²) in [5, 5.41) is 27.4. The number of aliphatic hydroxyl groups is 1. The van der Waals surface area contributed by atoms with Crippen LogP contribution in [-0.4, -0.2) is 27.3 Å². The highest BCUT2D eigenvalue weighted by Gasteiger charge is 2.18. The van der Waals surface area contributed by atoms with Crippen molar-refractivity contribution < 1.29 is 9.94 Å². The van der Waals surface area contributed by atoms with E-state index >= 15 is 0 Å². The number of thiophene rings is 1. The van der Waals surface area contributed by atoms with E-state index in [1.54, 1.807) is 0 Å². The number of nitriles is 1. The number of amidine groups is 1. The highest BCUT2D eigenvalue weighted by Crippen LogP contribution is 2.27. The first-order valence-electron chi connectivity index (χ1n) is 8.13. The molecule has 10 heteroatoms. The van der Waals surface area contributed by atoms with Gasteiger partial charge >= 0.3 is 6.41 Å². The third-order valence-electron chi connectivity index (χ3n) is 3.84. The Morgan fingerprint density at radius 1 is 1.36 bits per heavy atom. The maximum absolute atomic E-state index is 12.3. The number of aromatic nitrogens is 2. The van der Waals surface area contributed by atoms with Gasteiger partial charge in [-0.2, -0.15) is 5.26 Å². The standard InChI is InChI=1S/C18H13N5O3S2/c19-8-12-14(13-5-2-6-27-13)20-17(22-16(12)24)28-9-10-3-1-4-11(7-10)15-21-18(25)26-23-15/h1-7,18,25H,9H2,(H,21,23)(H,20,22,24). The van der Waals surface area contributed by atoms with Crippen LogP contribution in [0.2, 0.25) is 0 Å². The average molecular weight is 411 g/mol. The van der Waals surface area contributed by atoms with Crippen LogP contribution in [0.5, 0.6) is 0 Å². The van der Waals surface area contributed by atoms with Crippen LogP contribution >= 0.6 is 23.1 Å². The van der Waals surface area contributed by atoms with Gasteiger partial charge in [0.05, 0.1) is 4.88 Å². The molecule has 0 aliphatic carbocycles. The van der Waals surface area contributed by atoms with Crippen LogP contribution in [0.4, 0.5) is 0 Å². The summed E-state index contributed by atoms with van der Waals surface area (Å²) < 4.78 is 0. The number of benzene rings is 1. The van der Waals surface area contributed by atoms with Crippen molar-refractivity contribution >= 4 is 28.9 Å². The lowest BCUT2D eigenvalue weighted by molar-refractivity contribution is -0.0896. The summed E-state index contributed by atoms with van der Waals surface area (Å²) in [6.07, 6.45) is -1.14. The van der Waals surface area contributed by atoms with Crippen LogP contribution in [0.25, 0.3) is 10.6 Å². The fourth-order valence-electron chi connectivity index (χ4n) is 2.58. The average Bonchev–Trinajstić information content (AvgIpc) is 3.38. The van der Waals surface area contributed by atoms with Crippen molar-refractivity contribution in [3.8, 4) is 16.6 Å². The van der Waals surface area contributed by atoms with E-state index in [-0.39, 0.29) is 5.56 Å². The lowest BCUT2D eigenvalue weighted by atomic mass is 10.1. The maximum Gasteiger partial charge on any atom is 0.304 e. The summed E-state index contributed by atoms with van der Waals surface area (Å²) >= 11 is 2.78. The van der Waals surface area contributed by atoms with Crippen molar-refractivity contribution in [2.75, 3.05) is 0 Å². The van der Waals surface area contributed by atoms with E-state index < -0.39 is 12.0 Å². The van der Waals surface area contributed by atoms with Gasteiger partial charge in [-0.3, -0.25) is 4.79 Å². The number of oxime groups is 1. The van der Waals surface area contributed by atoms with Crippen LogP contribution in [0.3, 0.4) is 0 Å². The van der Waals surface area contributed by atoms with E-state index in [4.69, 9.17) is 4.84 Å². The van der Waals surface area contributed by atoms with Gasteiger partial charge in [-0.25, -0.2) is 4.98 Å². The molecule has 4 rings (SSSR count). The van der Waals surface area contributed by atoms with Gasteiger partial charge in [0.15, 0.2) is 11.0 Å². The van der Waals surface area contributed by atoms with E-state index in [9.17, 15) is 15.2 Å². The van der Waals surface area contributed by atoms with Gasteiger partial charge in [0.25, 0.3) is 5.56 Å². The Morgan fingerprint density at radius 2 is 2.25 bits per heavy atom. The molecule has 1 aromatic carbocycles. The molecule has 1 atom stereocenters. The molecule has 3 N–H and O–H groups in total. The minimum atomic E-state index is -1.14. The fourth-order valence-corrected chi connectivity index (χ4v) is 4.11. The molecular formula is C18H13N5O3S2. The minimum Gasteiger partial charge on any atom is -0.340 e. The predicted molar refractivity (Wildman–Crippen MR) is 106 cm³/mol. The molecular weight excluding hydrogens is 398 g/mol. The van der Waals surface area contributed by atoms with Gasteiger partial charge < -0.3 is 20.2 Å². The van der Waals surface area contributed by atoms with E-state index in [2.05, 4.69) is 20.4 Å². The first kappa shape index (κ1) is 18.2. The highest BCUT2D eigenvalue weighted by molar-refractivity contribution is 7.98. The van der Waals surface area contributed by atoms with Gasteiger partial charge in [0.1, 0.15) is 17.3 Å². The van der Waals surface area contributed by atoms with E-state index in [0.717, 1.165) is 16.0 Å². The predicted octanol–water partition coefficient (Wildman–Crippen LogP) is 2.22. The number of hydrogen-bond acceptors (Lipinski definition) is 9. The zero-order chi connectivity index (χ0) is 19.5.